The van der Waals surface area contributed by atoms with E-state index < -0.39 is 0 Å². The fourth-order valence-corrected chi connectivity index (χ4v) is 2.81. The number of hydrogen-bond acceptors (Lipinski definition) is 4. The van der Waals surface area contributed by atoms with Crippen molar-refractivity contribution in [2.45, 2.75) is 32.1 Å². The largest absolute Gasteiger partial charge is 0.330 e. The lowest BCUT2D eigenvalue weighted by Gasteiger charge is -2.02. The second-order valence-corrected chi connectivity index (χ2v) is 5.91. The van der Waals surface area contributed by atoms with Gasteiger partial charge in [0, 0.05) is 17.4 Å². The number of nitrogens with one attached hydrogen (secondary N) is 1. The van der Waals surface area contributed by atoms with Crippen molar-refractivity contribution in [1.29, 1.82) is 0 Å². The number of nitrogens with two attached hydrogens (primary N) is 1. The highest BCUT2D eigenvalue weighted by molar-refractivity contribution is 7.14. The summed E-state index contributed by atoms with van der Waals surface area (Å²) in [4.78, 5) is 16.1. The van der Waals surface area contributed by atoms with Gasteiger partial charge in [0.25, 0.3) is 0 Å². The Hall–Kier alpha value is -1.50. The van der Waals surface area contributed by atoms with E-state index in [0.717, 1.165) is 25.7 Å². The van der Waals surface area contributed by atoms with Crippen molar-refractivity contribution in [3.05, 3.63) is 35.5 Å². The highest BCUT2D eigenvalue weighted by Crippen LogP contribution is 2.25. The fourth-order valence-electron chi connectivity index (χ4n) is 2.08. The average Bonchev–Trinajstić information content (AvgIpc) is 2.95. The van der Waals surface area contributed by atoms with E-state index in [9.17, 15) is 9.18 Å². The zero-order chi connectivity index (χ0) is 15.8. The second kappa shape index (κ2) is 10.3. The first-order valence-electron chi connectivity index (χ1n) is 7.40. The van der Waals surface area contributed by atoms with Gasteiger partial charge in [-0.25, -0.2) is 9.37 Å². The number of carbonyl (C=O) groups excluding carboxylic acids is 1. The molecule has 1 heterocycles. The van der Waals surface area contributed by atoms with Gasteiger partial charge >= 0.3 is 0 Å². The summed E-state index contributed by atoms with van der Waals surface area (Å²) in [5, 5.41) is 5.15. The number of nitrogens with zero attached hydrogens (tertiary/aromatic N) is 1. The van der Waals surface area contributed by atoms with Gasteiger partial charge in [-0.2, -0.15) is 0 Å². The average molecular weight is 358 g/mol. The van der Waals surface area contributed by atoms with E-state index in [-0.39, 0.29) is 24.1 Å². The highest BCUT2D eigenvalue weighted by atomic mass is 35.5. The molecular formula is C16H21ClFN3OS. The monoisotopic (exact) mass is 357 g/mol. The van der Waals surface area contributed by atoms with Gasteiger partial charge in [-0.3, -0.25) is 4.79 Å². The van der Waals surface area contributed by atoms with Crippen molar-refractivity contribution in [3.8, 4) is 11.3 Å². The zero-order valence-electron chi connectivity index (χ0n) is 12.8. The van der Waals surface area contributed by atoms with Crippen LogP contribution in [0.2, 0.25) is 0 Å². The van der Waals surface area contributed by atoms with Crippen molar-refractivity contribution >= 4 is 34.8 Å². The third kappa shape index (κ3) is 6.64. The van der Waals surface area contributed by atoms with E-state index in [4.69, 9.17) is 5.73 Å². The molecule has 0 unspecified atom stereocenters. The smallest absolute Gasteiger partial charge is 0.226 e. The van der Waals surface area contributed by atoms with Gasteiger partial charge in [0.1, 0.15) is 5.82 Å². The zero-order valence-corrected chi connectivity index (χ0v) is 14.4. The van der Waals surface area contributed by atoms with Crippen LogP contribution in [0.1, 0.15) is 32.1 Å². The molecule has 0 aliphatic rings. The molecule has 1 amide bonds. The van der Waals surface area contributed by atoms with Crippen LogP contribution in [0.5, 0.6) is 0 Å². The summed E-state index contributed by atoms with van der Waals surface area (Å²) in [6.07, 6.45) is 4.42. The Balaban J connectivity index is 0.00000264. The molecule has 1 aromatic carbocycles. The van der Waals surface area contributed by atoms with Crippen molar-refractivity contribution < 1.29 is 9.18 Å². The first-order valence-corrected chi connectivity index (χ1v) is 8.28. The van der Waals surface area contributed by atoms with Crippen LogP contribution >= 0.6 is 23.7 Å². The molecule has 0 saturated heterocycles. The molecule has 4 nitrogen and oxygen atoms in total. The Morgan fingerprint density at radius 3 is 2.78 bits per heavy atom. The quantitative estimate of drug-likeness (QED) is 0.695. The minimum atomic E-state index is -0.298. The normalized spacial score (nSPS) is 10.2. The molecule has 23 heavy (non-hydrogen) atoms. The predicted octanol–water partition coefficient (Wildman–Crippen LogP) is 4.22. The van der Waals surface area contributed by atoms with Gasteiger partial charge in [-0.05, 0) is 31.5 Å². The molecule has 0 spiro atoms. The molecule has 1 aromatic heterocycles. The topological polar surface area (TPSA) is 68.0 Å². The highest BCUT2D eigenvalue weighted by Gasteiger charge is 2.08. The molecule has 3 N–H and O–H groups in total. The Morgan fingerprint density at radius 1 is 1.26 bits per heavy atom. The summed E-state index contributed by atoms with van der Waals surface area (Å²) >= 11 is 1.34. The maximum absolute atomic E-state index is 13.2. The van der Waals surface area contributed by atoms with Gasteiger partial charge in [0.2, 0.25) is 5.91 Å². The van der Waals surface area contributed by atoms with Crippen LogP contribution in [0.3, 0.4) is 0 Å². The standard InChI is InChI=1S/C16H20FN3OS.ClH/c17-13-7-5-6-12(10-13)14-11-22-16(19-14)20-15(21)8-3-1-2-4-9-18;/h5-7,10-11H,1-4,8-9,18H2,(H,19,20,21);1H. The van der Waals surface area contributed by atoms with E-state index in [1.807, 2.05) is 5.38 Å². The van der Waals surface area contributed by atoms with E-state index in [0.29, 0.717) is 29.4 Å². The number of halogens is 2. The number of aromatic nitrogens is 1. The molecule has 0 aliphatic heterocycles. The molecule has 0 radical (unpaired) electrons. The van der Waals surface area contributed by atoms with Crippen molar-refractivity contribution in [3.63, 3.8) is 0 Å². The third-order valence-electron chi connectivity index (χ3n) is 3.23. The van der Waals surface area contributed by atoms with Crippen LogP contribution < -0.4 is 11.1 Å². The first-order chi connectivity index (χ1) is 10.7. The summed E-state index contributed by atoms with van der Waals surface area (Å²) in [6.45, 7) is 0.703. The summed E-state index contributed by atoms with van der Waals surface area (Å²) in [5.74, 6) is -0.332. The number of thiazole rings is 1. The van der Waals surface area contributed by atoms with Crippen LogP contribution in [-0.4, -0.2) is 17.4 Å². The molecular weight excluding hydrogens is 337 g/mol. The van der Waals surface area contributed by atoms with Gasteiger partial charge in [0.05, 0.1) is 5.69 Å². The summed E-state index contributed by atoms with van der Waals surface area (Å²) in [6, 6.07) is 6.26. The number of rotatable bonds is 8. The van der Waals surface area contributed by atoms with Crippen LogP contribution in [0.15, 0.2) is 29.6 Å². The Labute approximate surface area is 145 Å². The van der Waals surface area contributed by atoms with E-state index >= 15 is 0 Å². The maximum Gasteiger partial charge on any atom is 0.226 e. The molecule has 126 valence electrons. The lowest BCUT2D eigenvalue weighted by molar-refractivity contribution is -0.116. The number of anilines is 1. The van der Waals surface area contributed by atoms with Crippen LogP contribution in [0.4, 0.5) is 9.52 Å². The molecule has 0 fully saturated rings. The Morgan fingerprint density at radius 2 is 2.04 bits per heavy atom. The van der Waals surface area contributed by atoms with Gasteiger partial charge < -0.3 is 11.1 Å². The van der Waals surface area contributed by atoms with Crippen LogP contribution in [0.25, 0.3) is 11.3 Å². The lowest BCUT2D eigenvalue weighted by Crippen LogP contribution is -2.10. The van der Waals surface area contributed by atoms with Gasteiger partial charge in [0.15, 0.2) is 5.13 Å². The van der Waals surface area contributed by atoms with E-state index in [1.54, 1.807) is 12.1 Å². The van der Waals surface area contributed by atoms with Crippen molar-refractivity contribution in [2.24, 2.45) is 5.73 Å². The molecule has 2 aromatic rings. The molecule has 7 heteroatoms. The van der Waals surface area contributed by atoms with Crippen LogP contribution in [-0.2, 0) is 4.79 Å². The summed E-state index contributed by atoms with van der Waals surface area (Å²) in [7, 11) is 0. The minimum Gasteiger partial charge on any atom is -0.330 e. The molecule has 0 atom stereocenters. The minimum absolute atomic E-state index is 0. The number of hydrogen-bond donors (Lipinski definition) is 2. The summed E-state index contributed by atoms with van der Waals surface area (Å²) in [5.41, 5.74) is 6.80. The maximum atomic E-state index is 13.2. The molecule has 0 aliphatic carbocycles. The first kappa shape index (κ1) is 19.5. The fraction of sp³-hybridized carbons (Fsp3) is 0.375. The predicted molar refractivity (Wildman–Crippen MR) is 95.5 cm³/mol. The number of carbonyl (C=O) groups is 1. The van der Waals surface area contributed by atoms with Crippen LogP contribution in [0, 0.1) is 5.82 Å². The Kier molecular flexibility index (Phi) is 8.76. The lowest BCUT2D eigenvalue weighted by atomic mass is 10.1. The Bertz CT molecular complexity index is 621. The second-order valence-electron chi connectivity index (χ2n) is 5.05. The van der Waals surface area contributed by atoms with E-state index in [2.05, 4.69) is 10.3 Å². The number of amides is 1. The number of unbranched alkanes of at least 4 members (excludes halogenated alkanes) is 3. The third-order valence-corrected chi connectivity index (χ3v) is 3.99. The summed E-state index contributed by atoms with van der Waals surface area (Å²) < 4.78 is 13.2. The van der Waals surface area contributed by atoms with Crippen molar-refractivity contribution in [2.75, 3.05) is 11.9 Å². The molecule has 0 bridgehead atoms. The number of benzene rings is 1. The SMILES string of the molecule is Cl.NCCCCCCC(=O)Nc1nc(-c2cccc(F)c2)cs1. The van der Waals surface area contributed by atoms with Gasteiger partial charge in [-0.15, -0.1) is 23.7 Å². The van der Waals surface area contributed by atoms with Crippen molar-refractivity contribution in [1.82, 2.24) is 4.98 Å². The van der Waals surface area contributed by atoms with E-state index in [1.165, 1.54) is 23.5 Å². The molecule has 0 saturated carbocycles. The molecule has 2 rings (SSSR count). The van der Waals surface area contributed by atoms with Gasteiger partial charge in [-0.1, -0.05) is 25.0 Å².